The number of likely N-dealkylation sites (N-methyl/N-ethyl adjacent to an activating group) is 1. The van der Waals surface area contributed by atoms with E-state index in [9.17, 15) is 18.0 Å². The largest absolute Gasteiger partial charge is 0.478 e. The minimum absolute atomic E-state index is 0.0167. The van der Waals surface area contributed by atoms with Crippen LogP contribution in [0.3, 0.4) is 0 Å². The van der Waals surface area contributed by atoms with Crippen LogP contribution >= 0.6 is 0 Å². The maximum Gasteiger partial charge on any atom is 0.323 e. The monoisotopic (exact) mass is 610 g/mol. The second-order valence-corrected chi connectivity index (χ2v) is 12.9. The zero-order chi connectivity index (χ0) is 31.0. The fourth-order valence-corrected chi connectivity index (χ4v) is 6.76. The van der Waals surface area contributed by atoms with Gasteiger partial charge in [-0.15, -0.1) is 0 Å². The van der Waals surface area contributed by atoms with Crippen LogP contribution < -0.4 is 20.1 Å². The Bertz CT molecular complexity index is 1490. The molecule has 0 aliphatic heterocycles. The Balaban J connectivity index is 1.34. The minimum Gasteiger partial charge on any atom is -0.478 e. The van der Waals surface area contributed by atoms with E-state index in [1.807, 2.05) is 51.1 Å². The van der Waals surface area contributed by atoms with E-state index >= 15 is 0 Å². The molecule has 3 N–H and O–H groups in total. The van der Waals surface area contributed by atoms with Gasteiger partial charge in [0.1, 0.15) is 12.6 Å². The first-order chi connectivity index (χ1) is 20.6. The highest BCUT2D eigenvalue weighted by Crippen LogP contribution is 2.28. The van der Waals surface area contributed by atoms with Gasteiger partial charge in [-0.05, 0) is 75.4 Å². The number of fused-ring (bicyclic) bond motifs is 1. The quantitative estimate of drug-likeness (QED) is 0.246. The second kappa shape index (κ2) is 14.8. The second-order valence-electron chi connectivity index (χ2n) is 11.2. The lowest BCUT2D eigenvalue weighted by molar-refractivity contribution is -0.148. The predicted molar refractivity (Wildman–Crippen MR) is 165 cm³/mol. The standard InChI is InChI=1S/C32H42N4O6S/c1-5-41-29-18-13-24-19-26(16-17-27(24)34-29)43(39,40)36-25-14-11-23(12-15-25)31(37)35-28(22-9-7-6-8-10-22)20-42-32(38)30(33-4)21(2)3/h6-10,13,16-19,21,23,25,28,30,33,36H,5,11-12,14-15,20H2,1-4H3,(H,35,37)/t23?,25?,28-,30?/m1/s1. The van der Waals surface area contributed by atoms with E-state index in [2.05, 4.69) is 20.3 Å². The third-order valence-electron chi connectivity index (χ3n) is 7.80. The van der Waals surface area contributed by atoms with Gasteiger partial charge in [-0.2, -0.15) is 0 Å². The summed E-state index contributed by atoms with van der Waals surface area (Å²) in [5, 5.41) is 6.76. The summed E-state index contributed by atoms with van der Waals surface area (Å²) in [6.45, 7) is 6.27. The number of amides is 1. The van der Waals surface area contributed by atoms with Crippen molar-refractivity contribution in [3.05, 3.63) is 66.2 Å². The molecule has 2 aromatic carbocycles. The van der Waals surface area contributed by atoms with Crippen LogP contribution in [0.5, 0.6) is 5.88 Å². The van der Waals surface area contributed by atoms with Crippen LogP contribution in [0.25, 0.3) is 10.9 Å². The summed E-state index contributed by atoms with van der Waals surface area (Å²) >= 11 is 0. The minimum atomic E-state index is -3.76. The van der Waals surface area contributed by atoms with Crippen molar-refractivity contribution in [3.63, 3.8) is 0 Å². The number of ether oxygens (including phenoxy) is 2. The number of sulfonamides is 1. The SMILES string of the molecule is CCOc1ccc2cc(S(=O)(=O)NC3CCC(C(=O)N[C@H](COC(=O)C(NC)C(C)C)c4ccccc4)CC3)ccc2n1. The Hall–Kier alpha value is -3.54. The van der Waals surface area contributed by atoms with Gasteiger partial charge in [-0.3, -0.25) is 9.59 Å². The first kappa shape index (κ1) is 32.4. The van der Waals surface area contributed by atoms with Crippen molar-refractivity contribution in [1.29, 1.82) is 0 Å². The molecule has 0 bridgehead atoms. The predicted octanol–water partition coefficient (Wildman–Crippen LogP) is 4.12. The maximum absolute atomic E-state index is 13.3. The summed E-state index contributed by atoms with van der Waals surface area (Å²) in [5.74, 6) is -0.210. The van der Waals surface area contributed by atoms with Crippen molar-refractivity contribution < 1.29 is 27.5 Å². The normalized spacial score (nSPS) is 18.6. The number of aromatic nitrogens is 1. The molecule has 1 aliphatic carbocycles. The van der Waals surface area contributed by atoms with Crippen molar-refractivity contribution in [2.75, 3.05) is 20.3 Å². The molecule has 1 saturated carbocycles. The molecule has 1 aromatic heterocycles. The molecule has 11 heteroatoms. The molecule has 0 radical (unpaired) electrons. The van der Waals surface area contributed by atoms with E-state index in [4.69, 9.17) is 9.47 Å². The number of carbonyl (C=O) groups excluding carboxylic acids is 2. The molecule has 10 nitrogen and oxygen atoms in total. The van der Waals surface area contributed by atoms with Crippen molar-refractivity contribution in [2.45, 2.75) is 69.5 Å². The van der Waals surface area contributed by atoms with Gasteiger partial charge < -0.3 is 20.1 Å². The lowest BCUT2D eigenvalue weighted by atomic mass is 9.85. The maximum atomic E-state index is 13.3. The number of nitrogens with zero attached hydrogens (tertiary/aromatic N) is 1. The number of carbonyl (C=O) groups is 2. The molecule has 1 fully saturated rings. The Labute approximate surface area is 254 Å². The molecule has 4 rings (SSSR count). The lowest BCUT2D eigenvalue weighted by Gasteiger charge is -2.30. The molecular weight excluding hydrogens is 568 g/mol. The van der Waals surface area contributed by atoms with E-state index in [0.29, 0.717) is 49.1 Å². The van der Waals surface area contributed by atoms with Crippen molar-refractivity contribution >= 4 is 32.8 Å². The van der Waals surface area contributed by atoms with E-state index in [1.54, 1.807) is 37.4 Å². The highest BCUT2D eigenvalue weighted by atomic mass is 32.2. The molecule has 1 amide bonds. The summed E-state index contributed by atoms with van der Waals surface area (Å²) < 4.78 is 40.2. The summed E-state index contributed by atoms with van der Waals surface area (Å²) in [6, 6.07) is 16.6. The summed E-state index contributed by atoms with van der Waals surface area (Å²) in [7, 11) is -2.04. The third kappa shape index (κ3) is 8.52. The van der Waals surface area contributed by atoms with Crippen LogP contribution in [0.1, 0.15) is 58.1 Å². The number of pyridine rings is 1. The topological polar surface area (TPSA) is 136 Å². The molecule has 3 aromatic rings. The third-order valence-corrected chi connectivity index (χ3v) is 9.32. The van der Waals surface area contributed by atoms with Crippen LogP contribution in [-0.4, -0.2) is 57.6 Å². The van der Waals surface area contributed by atoms with E-state index in [1.165, 1.54) is 0 Å². The molecule has 43 heavy (non-hydrogen) atoms. The number of hydrogen-bond acceptors (Lipinski definition) is 8. The van der Waals surface area contributed by atoms with Crippen LogP contribution in [0, 0.1) is 11.8 Å². The number of esters is 1. The molecular formula is C32H42N4O6S. The highest BCUT2D eigenvalue weighted by Gasteiger charge is 2.31. The average Bonchev–Trinajstić information content (AvgIpc) is 2.99. The fourth-order valence-electron chi connectivity index (χ4n) is 5.42. The molecule has 1 heterocycles. The number of benzene rings is 2. The van der Waals surface area contributed by atoms with Crippen molar-refractivity contribution in [3.8, 4) is 5.88 Å². The summed E-state index contributed by atoms with van der Waals surface area (Å²) in [5.41, 5.74) is 1.50. The molecule has 1 unspecified atom stereocenters. The Morgan fingerprint density at radius 2 is 1.72 bits per heavy atom. The van der Waals surface area contributed by atoms with E-state index in [-0.39, 0.29) is 41.3 Å². The first-order valence-corrected chi connectivity index (χ1v) is 16.3. The number of nitrogens with one attached hydrogen (secondary N) is 3. The van der Waals surface area contributed by atoms with Crippen LogP contribution in [0.2, 0.25) is 0 Å². The van der Waals surface area contributed by atoms with E-state index < -0.39 is 22.1 Å². The molecule has 2 atom stereocenters. The Kier molecular flexibility index (Phi) is 11.1. The summed E-state index contributed by atoms with van der Waals surface area (Å²) in [6.07, 6.45) is 2.15. The van der Waals surface area contributed by atoms with Crippen molar-refractivity contribution in [2.24, 2.45) is 11.8 Å². The fraction of sp³-hybridized carbons (Fsp3) is 0.469. The molecule has 0 saturated heterocycles. The molecule has 0 spiro atoms. The highest BCUT2D eigenvalue weighted by molar-refractivity contribution is 7.89. The zero-order valence-electron chi connectivity index (χ0n) is 25.2. The Morgan fingerprint density at radius 3 is 2.37 bits per heavy atom. The number of hydrogen-bond donors (Lipinski definition) is 3. The molecule has 232 valence electrons. The van der Waals surface area contributed by atoms with Crippen LogP contribution in [0.15, 0.2) is 65.6 Å². The van der Waals surface area contributed by atoms with Gasteiger partial charge >= 0.3 is 5.97 Å². The van der Waals surface area contributed by atoms with Gasteiger partial charge in [-0.25, -0.2) is 18.1 Å². The lowest BCUT2D eigenvalue weighted by Crippen LogP contribution is -2.43. The number of rotatable bonds is 13. The smallest absolute Gasteiger partial charge is 0.323 e. The van der Waals surface area contributed by atoms with Gasteiger partial charge in [0.05, 0.1) is 23.1 Å². The molecule has 1 aliphatic rings. The summed E-state index contributed by atoms with van der Waals surface area (Å²) in [4.78, 5) is 30.5. The first-order valence-electron chi connectivity index (χ1n) is 14.9. The van der Waals surface area contributed by atoms with Gasteiger partial charge in [0, 0.05) is 23.4 Å². The van der Waals surface area contributed by atoms with Gasteiger partial charge in [0.25, 0.3) is 0 Å². The van der Waals surface area contributed by atoms with Crippen LogP contribution in [0.4, 0.5) is 0 Å². The van der Waals surface area contributed by atoms with Gasteiger partial charge in [-0.1, -0.05) is 44.2 Å². The van der Waals surface area contributed by atoms with Crippen LogP contribution in [-0.2, 0) is 24.3 Å². The van der Waals surface area contributed by atoms with Crippen molar-refractivity contribution in [1.82, 2.24) is 20.3 Å². The van der Waals surface area contributed by atoms with Gasteiger partial charge in [0.15, 0.2) is 0 Å². The van der Waals surface area contributed by atoms with E-state index in [0.717, 1.165) is 5.56 Å². The van der Waals surface area contributed by atoms with Gasteiger partial charge in [0.2, 0.25) is 21.8 Å². The average molecular weight is 611 g/mol. The Morgan fingerprint density at radius 1 is 1.00 bits per heavy atom. The zero-order valence-corrected chi connectivity index (χ0v) is 26.0.